The van der Waals surface area contributed by atoms with Gasteiger partial charge in [0, 0.05) is 13.0 Å². The summed E-state index contributed by atoms with van der Waals surface area (Å²) in [7, 11) is 0. The van der Waals surface area contributed by atoms with Crippen LogP contribution in [-0.4, -0.2) is 11.8 Å². The van der Waals surface area contributed by atoms with Crippen LogP contribution in [0, 0.1) is 5.92 Å². The number of fused-ring (bicyclic) bond motifs is 1. The van der Waals surface area contributed by atoms with Crippen molar-refractivity contribution in [3.8, 4) is 0 Å². The lowest BCUT2D eigenvalue weighted by atomic mass is 9.82. The van der Waals surface area contributed by atoms with Crippen LogP contribution in [0.25, 0.3) is 0 Å². The van der Waals surface area contributed by atoms with Gasteiger partial charge in [0.2, 0.25) is 11.8 Å². The predicted octanol–water partition coefficient (Wildman–Crippen LogP) is 3.86. The van der Waals surface area contributed by atoms with Gasteiger partial charge in [-0.05, 0) is 60.4 Å². The zero-order valence-corrected chi connectivity index (χ0v) is 16.4. The van der Waals surface area contributed by atoms with Crippen LogP contribution in [0.15, 0.2) is 61.2 Å². The first kappa shape index (κ1) is 19.9. The largest absolute Gasteiger partial charge is 0.352 e. The van der Waals surface area contributed by atoms with Crippen molar-refractivity contribution in [3.63, 3.8) is 0 Å². The highest BCUT2D eigenvalue weighted by atomic mass is 16.2. The minimum atomic E-state index is -0.186. The molecular weight excluding hydrogens is 348 g/mol. The zero-order chi connectivity index (χ0) is 19.9. The van der Waals surface area contributed by atoms with Crippen LogP contribution in [0.1, 0.15) is 48.1 Å². The van der Waals surface area contributed by atoms with Crippen molar-refractivity contribution in [2.24, 2.45) is 5.92 Å². The lowest BCUT2D eigenvalue weighted by Gasteiger charge is -2.24. The molecule has 146 valence electrons. The molecule has 0 heterocycles. The second kappa shape index (κ2) is 9.36. The molecule has 2 aromatic carbocycles. The van der Waals surface area contributed by atoms with E-state index in [-0.39, 0.29) is 17.9 Å². The second-order valence-electron chi connectivity index (χ2n) is 7.53. The Hall–Kier alpha value is -2.88. The van der Waals surface area contributed by atoms with E-state index in [1.807, 2.05) is 31.2 Å². The molecule has 4 heteroatoms. The molecule has 4 nitrogen and oxygen atoms in total. The van der Waals surface area contributed by atoms with E-state index in [9.17, 15) is 9.59 Å². The first-order chi connectivity index (χ1) is 13.5. The maximum absolute atomic E-state index is 12.4. The molecule has 1 aliphatic carbocycles. The van der Waals surface area contributed by atoms with Gasteiger partial charge in [-0.15, -0.1) is 0 Å². The normalized spacial score (nSPS) is 16.5. The van der Waals surface area contributed by atoms with Gasteiger partial charge < -0.3 is 10.6 Å². The fourth-order valence-corrected chi connectivity index (χ4v) is 3.76. The summed E-state index contributed by atoms with van der Waals surface area (Å²) in [6, 6.07) is 16.4. The Balaban J connectivity index is 1.46. The van der Waals surface area contributed by atoms with Gasteiger partial charge in [-0.1, -0.05) is 55.1 Å². The third-order valence-electron chi connectivity index (χ3n) is 5.44. The van der Waals surface area contributed by atoms with Gasteiger partial charge in [0.05, 0.1) is 6.04 Å². The number of carbonyl (C=O) groups excluding carboxylic acids is 2. The van der Waals surface area contributed by atoms with Crippen LogP contribution in [0.5, 0.6) is 0 Å². The molecule has 2 atom stereocenters. The third kappa shape index (κ3) is 5.32. The Morgan fingerprint density at radius 2 is 1.86 bits per heavy atom. The molecule has 28 heavy (non-hydrogen) atoms. The van der Waals surface area contributed by atoms with E-state index in [2.05, 4.69) is 41.5 Å². The smallest absolute Gasteiger partial charge is 0.243 e. The fourth-order valence-electron chi connectivity index (χ4n) is 3.76. The maximum atomic E-state index is 12.4. The molecule has 0 spiro atoms. The van der Waals surface area contributed by atoms with Gasteiger partial charge >= 0.3 is 0 Å². The number of nitrogens with one attached hydrogen (secondary N) is 2. The maximum Gasteiger partial charge on any atom is 0.243 e. The minimum absolute atomic E-state index is 0.0803. The number of aryl methyl sites for hydroxylation is 1. The Kier molecular flexibility index (Phi) is 6.64. The lowest BCUT2D eigenvalue weighted by Crippen LogP contribution is -2.27. The van der Waals surface area contributed by atoms with Gasteiger partial charge in [-0.3, -0.25) is 9.59 Å². The molecule has 0 bridgehead atoms. The first-order valence-corrected chi connectivity index (χ1v) is 9.90. The molecular formula is C24H28N2O2. The summed E-state index contributed by atoms with van der Waals surface area (Å²) in [5.41, 5.74) is 4.89. The van der Waals surface area contributed by atoms with Crippen molar-refractivity contribution in [3.05, 3.63) is 83.4 Å². The molecule has 2 N–H and O–H groups in total. The molecule has 2 amide bonds. The van der Waals surface area contributed by atoms with E-state index < -0.39 is 0 Å². The van der Waals surface area contributed by atoms with Crippen LogP contribution in [0.2, 0.25) is 0 Å². The summed E-state index contributed by atoms with van der Waals surface area (Å²) in [4.78, 5) is 23.8. The van der Waals surface area contributed by atoms with E-state index in [4.69, 9.17) is 0 Å². The predicted molar refractivity (Wildman–Crippen MR) is 112 cm³/mol. The standard InChI is InChI=1S/C24H28N2O2/c1-3-23(27)26-17(2)20-11-8-18(9-12-20)16-25-24(28)15-19-10-13-21-6-4-5-7-22(21)14-19/h3-9,11-12,17,19H,1,10,13-16H2,2H3,(H,25,28)(H,26,27). The number of rotatable bonds is 7. The highest BCUT2D eigenvalue weighted by Gasteiger charge is 2.20. The summed E-state index contributed by atoms with van der Waals surface area (Å²) in [5, 5.41) is 5.88. The topological polar surface area (TPSA) is 58.2 Å². The minimum Gasteiger partial charge on any atom is -0.352 e. The van der Waals surface area contributed by atoms with Crippen LogP contribution in [-0.2, 0) is 29.0 Å². The molecule has 1 aliphatic rings. The van der Waals surface area contributed by atoms with Crippen molar-refractivity contribution in [2.75, 3.05) is 0 Å². The summed E-state index contributed by atoms with van der Waals surface area (Å²) < 4.78 is 0. The van der Waals surface area contributed by atoms with Gasteiger partial charge in [0.15, 0.2) is 0 Å². The van der Waals surface area contributed by atoms with E-state index in [1.54, 1.807) is 0 Å². The zero-order valence-electron chi connectivity index (χ0n) is 16.4. The summed E-state index contributed by atoms with van der Waals surface area (Å²) in [6.07, 6.45) is 4.98. The average molecular weight is 377 g/mol. The average Bonchev–Trinajstić information content (AvgIpc) is 2.72. The quantitative estimate of drug-likeness (QED) is 0.721. The molecule has 0 aromatic heterocycles. The van der Waals surface area contributed by atoms with E-state index in [0.29, 0.717) is 18.9 Å². The Bertz CT molecular complexity index is 842. The molecule has 0 saturated heterocycles. The number of hydrogen-bond donors (Lipinski definition) is 2. The first-order valence-electron chi connectivity index (χ1n) is 9.90. The molecule has 0 fully saturated rings. The van der Waals surface area contributed by atoms with Crippen molar-refractivity contribution in [2.45, 2.75) is 45.2 Å². The number of benzene rings is 2. The number of hydrogen-bond acceptors (Lipinski definition) is 2. The van der Waals surface area contributed by atoms with Crippen LogP contribution < -0.4 is 10.6 Å². The molecule has 2 aromatic rings. The second-order valence-corrected chi connectivity index (χ2v) is 7.53. The van der Waals surface area contributed by atoms with Gasteiger partial charge in [0.1, 0.15) is 0 Å². The highest BCUT2D eigenvalue weighted by molar-refractivity contribution is 5.87. The molecule has 3 rings (SSSR count). The van der Waals surface area contributed by atoms with Crippen LogP contribution in [0.3, 0.4) is 0 Å². The SMILES string of the molecule is C=CC(=O)NC(C)c1ccc(CNC(=O)CC2CCc3ccccc3C2)cc1. The number of carbonyl (C=O) groups is 2. The van der Waals surface area contributed by atoms with Crippen molar-refractivity contribution < 1.29 is 9.59 Å². The molecule has 0 radical (unpaired) electrons. The van der Waals surface area contributed by atoms with E-state index in [0.717, 1.165) is 30.4 Å². The van der Waals surface area contributed by atoms with Gasteiger partial charge in [-0.25, -0.2) is 0 Å². The Morgan fingerprint density at radius 3 is 2.57 bits per heavy atom. The molecule has 2 unspecified atom stereocenters. The van der Waals surface area contributed by atoms with Gasteiger partial charge in [0.25, 0.3) is 0 Å². The Labute approximate surface area is 167 Å². The van der Waals surface area contributed by atoms with Crippen LogP contribution in [0.4, 0.5) is 0 Å². The Morgan fingerprint density at radius 1 is 1.14 bits per heavy atom. The fraction of sp³-hybridized carbons (Fsp3) is 0.333. The van der Waals surface area contributed by atoms with E-state index >= 15 is 0 Å². The summed E-state index contributed by atoms with van der Waals surface area (Å²) >= 11 is 0. The van der Waals surface area contributed by atoms with E-state index in [1.165, 1.54) is 17.2 Å². The lowest BCUT2D eigenvalue weighted by molar-refractivity contribution is -0.122. The van der Waals surface area contributed by atoms with Crippen LogP contribution >= 0.6 is 0 Å². The highest BCUT2D eigenvalue weighted by Crippen LogP contribution is 2.27. The van der Waals surface area contributed by atoms with Gasteiger partial charge in [-0.2, -0.15) is 0 Å². The molecule has 0 aliphatic heterocycles. The molecule has 0 saturated carbocycles. The summed E-state index contributed by atoms with van der Waals surface area (Å²) in [6.45, 7) is 5.92. The van der Waals surface area contributed by atoms with Crippen molar-refractivity contribution >= 4 is 11.8 Å². The summed E-state index contributed by atoms with van der Waals surface area (Å²) in [5.74, 6) is 0.348. The third-order valence-corrected chi connectivity index (χ3v) is 5.44. The monoisotopic (exact) mass is 376 g/mol. The van der Waals surface area contributed by atoms with Crippen molar-refractivity contribution in [1.82, 2.24) is 10.6 Å². The number of amides is 2. The van der Waals surface area contributed by atoms with Crippen molar-refractivity contribution in [1.29, 1.82) is 0 Å².